The van der Waals surface area contributed by atoms with E-state index in [0.717, 1.165) is 10.5 Å². The lowest BCUT2D eigenvalue weighted by Gasteiger charge is -2.33. The van der Waals surface area contributed by atoms with E-state index in [-0.39, 0.29) is 29.8 Å². The number of nitrogens with zero attached hydrogens (tertiary/aromatic N) is 2. The first-order valence-corrected chi connectivity index (χ1v) is 9.35. The van der Waals surface area contributed by atoms with Crippen molar-refractivity contribution in [1.29, 1.82) is 0 Å². The van der Waals surface area contributed by atoms with E-state index in [0.29, 0.717) is 12.1 Å². The van der Waals surface area contributed by atoms with Gasteiger partial charge in [0.15, 0.2) is 0 Å². The zero-order valence-corrected chi connectivity index (χ0v) is 16.2. The fourth-order valence-electron chi connectivity index (χ4n) is 3.39. The predicted octanol–water partition coefficient (Wildman–Crippen LogP) is 3.71. The number of hydrogen-bond donors (Lipinski definition) is 0. The summed E-state index contributed by atoms with van der Waals surface area (Å²) in [7, 11) is 0. The van der Waals surface area contributed by atoms with Gasteiger partial charge in [0.05, 0.1) is 12.1 Å². The molecule has 0 bridgehead atoms. The fourth-order valence-corrected chi connectivity index (χ4v) is 3.39. The van der Waals surface area contributed by atoms with E-state index in [2.05, 4.69) is 0 Å². The lowest BCUT2D eigenvalue weighted by atomic mass is 10.1. The number of hydrogen-bond acceptors (Lipinski definition) is 3. The predicted molar refractivity (Wildman–Crippen MR) is 104 cm³/mol. The SMILES string of the molecule is CCC(C)N(C(=O)c1ccc(F)cc1)C1CC(=O)N(c2ccc(C)cc2)C1=O. The molecular weight excluding hydrogens is 359 g/mol. The first-order chi connectivity index (χ1) is 13.3. The van der Waals surface area contributed by atoms with Crippen molar-refractivity contribution in [2.45, 2.75) is 45.7 Å². The van der Waals surface area contributed by atoms with Crippen LogP contribution in [0.2, 0.25) is 0 Å². The number of halogens is 1. The molecule has 3 rings (SSSR count). The van der Waals surface area contributed by atoms with Gasteiger partial charge in [-0.15, -0.1) is 0 Å². The lowest BCUT2D eigenvalue weighted by Crippen LogP contribution is -2.49. The summed E-state index contributed by atoms with van der Waals surface area (Å²) in [5.74, 6) is -1.57. The molecule has 0 spiro atoms. The Morgan fingerprint density at radius 1 is 1.14 bits per heavy atom. The summed E-state index contributed by atoms with van der Waals surface area (Å²) >= 11 is 0. The van der Waals surface area contributed by atoms with Gasteiger partial charge in [0.25, 0.3) is 11.8 Å². The normalized spacial score (nSPS) is 17.7. The number of anilines is 1. The molecule has 2 aromatic carbocycles. The highest BCUT2D eigenvalue weighted by molar-refractivity contribution is 6.23. The Kier molecular flexibility index (Phi) is 5.58. The van der Waals surface area contributed by atoms with Crippen LogP contribution >= 0.6 is 0 Å². The van der Waals surface area contributed by atoms with Crippen LogP contribution in [-0.2, 0) is 9.59 Å². The van der Waals surface area contributed by atoms with Gasteiger partial charge in [0.1, 0.15) is 11.9 Å². The Bertz CT molecular complexity index is 893. The molecule has 1 saturated heterocycles. The molecule has 0 saturated carbocycles. The molecule has 2 aromatic rings. The number of aryl methyl sites for hydroxylation is 1. The van der Waals surface area contributed by atoms with E-state index in [1.807, 2.05) is 32.9 Å². The van der Waals surface area contributed by atoms with Crippen molar-refractivity contribution < 1.29 is 18.8 Å². The lowest BCUT2D eigenvalue weighted by molar-refractivity contribution is -0.122. The molecule has 1 aliphatic rings. The van der Waals surface area contributed by atoms with Crippen LogP contribution in [0, 0.1) is 12.7 Å². The van der Waals surface area contributed by atoms with Gasteiger partial charge in [-0.05, 0) is 56.7 Å². The average Bonchev–Trinajstić information content (AvgIpc) is 2.97. The van der Waals surface area contributed by atoms with E-state index < -0.39 is 17.8 Å². The summed E-state index contributed by atoms with van der Waals surface area (Å²) in [4.78, 5) is 41.4. The summed E-state index contributed by atoms with van der Waals surface area (Å²) in [6, 6.07) is 11.2. The highest BCUT2D eigenvalue weighted by atomic mass is 19.1. The molecule has 6 heteroatoms. The molecule has 2 atom stereocenters. The molecule has 146 valence electrons. The maximum atomic E-state index is 13.2. The summed E-state index contributed by atoms with van der Waals surface area (Å²) in [5, 5.41) is 0. The van der Waals surface area contributed by atoms with Crippen LogP contribution in [-0.4, -0.2) is 34.7 Å². The minimum Gasteiger partial charge on any atom is -0.323 e. The number of benzene rings is 2. The second-order valence-corrected chi connectivity index (χ2v) is 7.10. The van der Waals surface area contributed by atoms with Crippen LogP contribution in [0.25, 0.3) is 0 Å². The maximum absolute atomic E-state index is 13.2. The number of carbonyl (C=O) groups excluding carboxylic acids is 3. The van der Waals surface area contributed by atoms with Gasteiger partial charge >= 0.3 is 0 Å². The first-order valence-electron chi connectivity index (χ1n) is 9.35. The Labute approximate surface area is 163 Å². The first kappa shape index (κ1) is 19.7. The molecule has 1 fully saturated rings. The molecule has 0 aromatic heterocycles. The Hall–Kier alpha value is -3.02. The van der Waals surface area contributed by atoms with Crippen molar-refractivity contribution in [1.82, 2.24) is 4.90 Å². The third-order valence-electron chi connectivity index (χ3n) is 5.14. The molecular formula is C22H23FN2O3. The summed E-state index contributed by atoms with van der Waals surface area (Å²) in [5.41, 5.74) is 1.81. The van der Waals surface area contributed by atoms with Gasteiger partial charge in [0.2, 0.25) is 5.91 Å². The van der Waals surface area contributed by atoms with Crippen molar-refractivity contribution in [3.05, 3.63) is 65.5 Å². The Morgan fingerprint density at radius 3 is 2.32 bits per heavy atom. The number of carbonyl (C=O) groups is 3. The quantitative estimate of drug-likeness (QED) is 0.741. The molecule has 28 heavy (non-hydrogen) atoms. The van der Waals surface area contributed by atoms with E-state index in [1.54, 1.807) is 12.1 Å². The molecule has 2 unspecified atom stereocenters. The number of imide groups is 1. The smallest absolute Gasteiger partial charge is 0.257 e. The van der Waals surface area contributed by atoms with Crippen molar-refractivity contribution >= 4 is 23.4 Å². The second kappa shape index (κ2) is 7.92. The summed E-state index contributed by atoms with van der Waals surface area (Å²) in [6.07, 6.45) is 0.555. The van der Waals surface area contributed by atoms with E-state index in [4.69, 9.17) is 0 Å². The van der Waals surface area contributed by atoms with Crippen molar-refractivity contribution in [2.24, 2.45) is 0 Å². The van der Waals surface area contributed by atoms with Crippen LogP contribution in [0.4, 0.5) is 10.1 Å². The topological polar surface area (TPSA) is 57.7 Å². The summed E-state index contributed by atoms with van der Waals surface area (Å²) in [6.45, 7) is 5.68. The molecule has 0 aliphatic carbocycles. The monoisotopic (exact) mass is 382 g/mol. The average molecular weight is 382 g/mol. The van der Waals surface area contributed by atoms with Gasteiger partial charge in [-0.25, -0.2) is 9.29 Å². The van der Waals surface area contributed by atoms with E-state index >= 15 is 0 Å². The van der Waals surface area contributed by atoms with Crippen LogP contribution in [0.3, 0.4) is 0 Å². The summed E-state index contributed by atoms with van der Waals surface area (Å²) < 4.78 is 13.2. The molecule has 0 N–H and O–H groups in total. The zero-order valence-electron chi connectivity index (χ0n) is 16.2. The van der Waals surface area contributed by atoms with Crippen LogP contribution in [0.1, 0.15) is 42.6 Å². The van der Waals surface area contributed by atoms with Crippen molar-refractivity contribution in [3.63, 3.8) is 0 Å². The largest absolute Gasteiger partial charge is 0.323 e. The van der Waals surface area contributed by atoms with Gasteiger partial charge in [-0.3, -0.25) is 14.4 Å². The van der Waals surface area contributed by atoms with Crippen LogP contribution in [0.15, 0.2) is 48.5 Å². The standard InChI is InChI=1S/C22H23FN2O3/c1-4-15(3)24(21(27)16-7-9-17(23)10-8-16)19-13-20(26)25(22(19)28)18-11-5-14(2)6-12-18/h5-12,15,19H,4,13H2,1-3H3. The Balaban J connectivity index is 1.93. The Morgan fingerprint density at radius 2 is 1.75 bits per heavy atom. The van der Waals surface area contributed by atoms with Gasteiger partial charge in [0, 0.05) is 11.6 Å². The van der Waals surface area contributed by atoms with E-state index in [1.165, 1.54) is 29.2 Å². The van der Waals surface area contributed by atoms with Crippen molar-refractivity contribution in [2.75, 3.05) is 4.90 Å². The molecule has 1 heterocycles. The third kappa shape index (κ3) is 3.67. The van der Waals surface area contributed by atoms with Gasteiger partial charge in [-0.2, -0.15) is 0 Å². The van der Waals surface area contributed by atoms with Crippen molar-refractivity contribution in [3.8, 4) is 0 Å². The molecule has 5 nitrogen and oxygen atoms in total. The second-order valence-electron chi connectivity index (χ2n) is 7.10. The molecule has 3 amide bonds. The molecule has 0 radical (unpaired) electrons. The minimum atomic E-state index is -0.874. The van der Waals surface area contributed by atoms with E-state index in [9.17, 15) is 18.8 Å². The zero-order chi connectivity index (χ0) is 20.4. The highest BCUT2D eigenvalue weighted by Gasteiger charge is 2.45. The van der Waals surface area contributed by atoms with Crippen LogP contribution < -0.4 is 4.90 Å². The number of rotatable bonds is 5. The maximum Gasteiger partial charge on any atom is 0.257 e. The van der Waals surface area contributed by atoms with Gasteiger partial charge in [-0.1, -0.05) is 24.6 Å². The third-order valence-corrected chi connectivity index (χ3v) is 5.14. The fraction of sp³-hybridized carbons (Fsp3) is 0.318. The van der Waals surface area contributed by atoms with Crippen LogP contribution in [0.5, 0.6) is 0 Å². The van der Waals surface area contributed by atoms with Gasteiger partial charge < -0.3 is 4.90 Å². The highest BCUT2D eigenvalue weighted by Crippen LogP contribution is 2.28. The number of amides is 3. The molecule has 1 aliphatic heterocycles. The minimum absolute atomic E-state index is 0.0655.